The van der Waals surface area contributed by atoms with E-state index in [-0.39, 0.29) is 17.4 Å². The lowest BCUT2D eigenvalue weighted by Gasteiger charge is -2.13. The summed E-state index contributed by atoms with van der Waals surface area (Å²) in [5.41, 5.74) is 2.71. The molecule has 0 spiro atoms. The molecule has 0 aromatic carbocycles. The number of fused-ring (bicyclic) bond motifs is 1. The van der Waals surface area contributed by atoms with Crippen molar-refractivity contribution >= 4 is 32.6 Å². The zero-order valence-corrected chi connectivity index (χ0v) is 13.8. The molecule has 2 aromatic heterocycles. The lowest BCUT2D eigenvalue weighted by Crippen LogP contribution is -2.16. The van der Waals surface area contributed by atoms with Crippen molar-refractivity contribution in [1.29, 1.82) is 0 Å². The van der Waals surface area contributed by atoms with E-state index in [0.717, 1.165) is 29.2 Å². The SMILES string of the molecule is CCn1nc(C)c2nc(CCl)n(CC3CCS(=O)(=O)C3)c21. The number of alkyl halides is 1. The van der Waals surface area contributed by atoms with Crippen LogP contribution in [0.25, 0.3) is 11.2 Å². The minimum Gasteiger partial charge on any atom is -0.312 e. The van der Waals surface area contributed by atoms with E-state index in [2.05, 4.69) is 14.6 Å². The standard InChI is InChI=1S/C13H19ClN4O2S/c1-3-18-13-12(9(2)16-18)15-11(6-14)17(13)7-10-4-5-21(19,20)8-10/h10H,3-8H2,1-2H3. The first-order chi connectivity index (χ1) is 9.95. The Hall–Kier alpha value is -1.08. The second-order valence-electron chi connectivity index (χ2n) is 5.61. The fourth-order valence-electron chi connectivity index (χ4n) is 3.06. The zero-order valence-electron chi connectivity index (χ0n) is 12.2. The topological polar surface area (TPSA) is 69.8 Å². The maximum absolute atomic E-state index is 11.6. The van der Waals surface area contributed by atoms with Crippen LogP contribution >= 0.6 is 11.6 Å². The van der Waals surface area contributed by atoms with E-state index in [0.29, 0.717) is 18.8 Å². The van der Waals surface area contributed by atoms with Crippen molar-refractivity contribution in [2.24, 2.45) is 5.92 Å². The predicted molar refractivity (Wildman–Crippen MR) is 82.2 cm³/mol. The van der Waals surface area contributed by atoms with E-state index >= 15 is 0 Å². The molecule has 6 nitrogen and oxygen atoms in total. The van der Waals surface area contributed by atoms with Gasteiger partial charge in [0.15, 0.2) is 15.5 Å². The van der Waals surface area contributed by atoms with Crippen LogP contribution in [0.2, 0.25) is 0 Å². The highest BCUT2D eigenvalue weighted by Crippen LogP contribution is 2.26. The van der Waals surface area contributed by atoms with Crippen molar-refractivity contribution in [1.82, 2.24) is 19.3 Å². The highest BCUT2D eigenvalue weighted by atomic mass is 35.5. The van der Waals surface area contributed by atoms with Crippen molar-refractivity contribution in [3.63, 3.8) is 0 Å². The summed E-state index contributed by atoms with van der Waals surface area (Å²) in [6.07, 6.45) is 0.711. The number of sulfone groups is 1. The van der Waals surface area contributed by atoms with Gasteiger partial charge in [0.25, 0.3) is 0 Å². The molecule has 21 heavy (non-hydrogen) atoms. The third-order valence-electron chi connectivity index (χ3n) is 4.06. The van der Waals surface area contributed by atoms with Crippen molar-refractivity contribution in [3.8, 4) is 0 Å². The molecule has 1 unspecified atom stereocenters. The quantitative estimate of drug-likeness (QED) is 0.801. The Morgan fingerprint density at radius 2 is 2.19 bits per heavy atom. The van der Waals surface area contributed by atoms with Gasteiger partial charge in [0, 0.05) is 13.1 Å². The Balaban J connectivity index is 2.04. The van der Waals surface area contributed by atoms with E-state index in [9.17, 15) is 8.42 Å². The van der Waals surface area contributed by atoms with Crippen molar-refractivity contribution in [2.75, 3.05) is 11.5 Å². The molecular formula is C13H19ClN4O2S. The molecule has 0 radical (unpaired) electrons. The van der Waals surface area contributed by atoms with Crippen LogP contribution in [0.1, 0.15) is 24.9 Å². The number of halogens is 1. The number of aryl methyl sites for hydroxylation is 2. The van der Waals surface area contributed by atoms with Gasteiger partial charge in [0.1, 0.15) is 11.3 Å². The summed E-state index contributed by atoms with van der Waals surface area (Å²) in [7, 11) is -2.87. The number of hydrogen-bond acceptors (Lipinski definition) is 4. The predicted octanol–water partition coefficient (Wildman–Crippen LogP) is 1.73. The summed E-state index contributed by atoms with van der Waals surface area (Å²) in [4.78, 5) is 4.58. The molecular weight excluding hydrogens is 312 g/mol. The summed E-state index contributed by atoms with van der Waals surface area (Å²) in [5.74, 6) is 1.79. The second-order valence-corrected chi connectivity index (χ2v) is 8.11. The minimum atomic E-state index is -2.87. The van der Waals surface area contributed by atoms with Crippen molar-refractivity contribution in [3.05, 3.63) is 11.5 Å². The van der Waals surface area contributed by atoms with Crippen LogP contribution in [0.4, 0.5) is 0 Å². The molecule has 116 valence electrons. The highest BCUT2D eigenvalue weighted by Gasteiger charge is 2.29. The van der Waals surface area contributed by atoms with E-state index in [1.807, 2.05) is 18.5 Å². The fourth-order valence-corrected chi connectivity index (χ4v) is 5.11. The van der Waals surface area contributed by atoms with E-state index in [1.165, 1.54) is 0 Å². The summed E-state index contributed by atoms with van der Waals surface area (Å²) in [6, 6.07) is 0. The van der Waals surface area contributed by atoms with E-state index < -0.39 is 9.84 Å². The number of hydrogen-bond donors (Lipinski definition) is 0. The molecule has 3 rings (SSSR count). The van der Waals surface area contributed by atoms with Gasteiger partial charge in [-0.2, -0.15) is 5.10 Å². The Morgan fingerprint density at radius 1 is 1.43 bits per heavy atom. The lowest BCUT2D eigenvalue weighted by atomic mass is 10.1. The molecule has 8 heteroatoms. The third-order valence-corrected chi connectivity index (χ3v) is 6.14. The lowest BCUT2D eigenvalue weighted by molar-refractivity contribution is 0.481. The summed E-state index contributed by atoms with van der Waals surface area (Å²) in [6.45, 7) is 5.36. The Labute approximate surface area is 129 Å². The molecule has 0 amide bonds. The average molecular weight is 331 g/mol. The van der Waals surface area contributed by atoms with Gasteiger partial charge in [-0.15, -0.1) is 11.6 Å². The van der Waals surface area contributed by atoms with Gasteiger partial charge in [0.05, 0.1) is 23.1 Å². The summed E-state index contributed by atoms with van der Waals surface area (Å²) in [5, 5.41) is 4.48. The molecule has 1 aliphatic heterocycles. The third kappa shape index (κ3) is 2.57. The van der Waals surface area contributed by atoms with Crippen molar-refractivity contribution < 1.29 is 8.42 Å². The number of nitrogens with zero attached hydrogens (tertiary/aromatic N) is 4. The number of imidazole rings is 1. The van der Waals surface area contributed by atoms with Crippen LogP contribution in [0, 0.1) is 12.8 Å². The van der Waals surface area contributed by atoms with Crippen LogP contribution in [0.5, 0.6) is 0 Å². The second kappa shape index (κ2) is 5.28. The van der Waals surface area contributed by atoms with Gasteiger partial charge in [-0.25, -0.2) is 18.1 Å². The zero-order chi connectivity index (χ0) is 15.2. The van der Waals surface area contributed by atoms with Gasteiger partial charge in [0.2, 0.25) is 0 Å². The molecule has 0 aliphatic carbocycles. The Bertz CT molecular complexity index is 778. The largest absolute Gasteiger partial charge is 0.312 e. The van der Waals surface area contributed by atoms with Crippen LogP contribution in [-0.2, 0) is 28.8 Å². The Kier molecular flexibility index (Phi) is 3.73. The maximum atomic E-state index is 11.6. The number of rotatable bonds is 4. The molecule has 0 saturated carbocycles. The first-order valence-corrected chi connectivity index (χ1v) is 9.49. The van der Waals surface area contributed by atoms with Gasteiger partial charge in [-0.3, -0.25) is 0 Å². The van der Waals surface area contributed by atoms with Crippen LogP contribution < -0.4 is 0 Å². The average Bonchev–Trinajstić information content (AvgIpc) is 3.05. The van der Waals surface area contributed by atoms with E-state index in [1.54, 1.807) is 0 Å². The summed E-state index contributed by atoms with van der Waals surface area (Å²) >= 11 is 6.02. The molecule has 1 saturated heterocycles. The van der Waals surface area contributed by atoms with Crippen LogP contribution in [0.15, 0.2) is 0 Å². The molecule has 1 aliphatic rings. The fraction of sp³-hybridized carbons (Fsp3) is 0.692. The van der Waals surface area contributed by atoms with E-state index in [4.69, 9.17) is 11.6 Å². The molecule has 3 heterocycles. The highest BCUT2D eigenvalue weighted by molar-refractivity contribution is 7.91. The van der Waals surface area contributed by atoms with Crippen LogP contribution in [0.3, 0.4) is 0 Å². The van der Waals surface area contributed by atoms with Crippen LogP contribution in [-0.4, -0.2) is 39.3 Å². The van der Waals surface area contributed by atoms with Gasteiger partial charge in [-0.1, -0.05) is 0 Å². The monoisotopic (exact) mass is 330 g/mol. The normalized spacial score (nSPS) is 21.4. The van der Waals surface area contributed by atoms with Gasteiger partial charge >= 0.3 is 0 Å². The smallest absolute Gasteiger partial charge is 0.158 e. The Morgan fingerprint density at radius 3 is 2.76 bits per heavy atom. The number of aromatic nitrogens is 4. The van der Waals surface area contributed by atoms with Crippen molar-refractivity contribution in [2.45, 2.75) is 39.2 Å². The molecule has 1 atom stereocenters. The molecule has 0 N–H and O–H groups in total. The maximum Gasteiger partial charge on any atom is 0.158 e. The summed E-state index contributed by atoms with van der Waals surface area (Å²) < 4.78 is 27.3. The van der Waals surface area contributed by atoms with Gasteiger partial charge < -0.3 is 4.57 Å². The first-order valence-electron chi connectivity index (χ1n) is 7.14. The van der Waals surface area contributed by atoms with Gasteiger partial charge in [-0.05, 0) is 26.2 Å². The first kappa shape index (κ1) is 14.8. The molecule has 1 fully saturated rings. The molecule has 0 bridgehead atoms. The molecule has 2 aromatic rings. The minimum absolute atomic E-state index is 0.134.